The highest BCUT2D eigenvalue weighted by Gasteiger charge is 2.44. The molecular weight excluding hydrogens is 164 g/mol. The average Bonchev–Trinajstić information content (AvgIpc) is 2.27. The number of hydrogen-bond acceptors (Lipinski definition) is 2. The third-order valence-electron chi connectivity index (χ3n) is 3.24. The Hall–Kier alpha value is -0.370. The van der Waals surface area contributed by atoms with E-state index in [0.717, 1.165) is 0 Å². The highest BCUT2D eigenvalue weighted by molar-refractivity contribution is 5.90. The zero-order valence-electron chi connectivity index (χ0n) is 9.26. The maximum absolute atomic E-state index is 11.8. The lowest BCUT2D eigenvalue weighted by molar-refractivity contribution is -0.131. The summed E-state index contributed by atoms with van der Waals surface area (Å²) < 4.78 is 5.49. The molecule has 0 aliphatic carbocycles. The molecule has 0 aromatic carbocycles. The van der Waals surface area contributed by atoms with Crippen molar-refractivity contribution in [3.8, 4) is 0 Å². The van der Waals surface area contributed by atoms with Gasteiger partial charge >= 0.3 is 0 Å². The second-order valence-electron chi connectivity index (χ2n) is 4.90. The Morgan fingerprint density at radius 3 is 2.23 bits per heavy atom. The zero-order valence-corrected chi connectivity index (χ0v) is 9.26. The maximum atomic E-state index is 11.8. The van der Waals surface area contributed by atoms with E-state index in [4.69, 9.17) is 4.74 Å². The molecule has 1 saturated heterocycles. The fraction of sp³-hybridized carbons (Fsp3) is 0.909. The molecule has 2 heteroatoms. The minimum absolute atomic E-state index is 0.106. The van der Waals surface area contributed by atoms with Gasteiger partial charge in [0.05, 0.1) is 6.61 Å². The van der Waals surface area contributed by atoms with E-state index in [1.165, 1.54) is 0 Å². The predicted molar refractivity (Wildman–Crippen MR) is 52.5 cm³/mol. The van der Waals surface area contributed by atoms with Crippen LogP contribution in [0.4, 0.5) is 0 Å². The summed E-state index contributed by atoms with van der Waals surface area (Å²) in [5.41, 5.74) is -0.548. The van der Waals surface area contributed by atoms with E-state index >= 15 is 0 Å². The summed E-state index contributed by atoms with van der Waals surface area (Å²) in [7, 11) is 0. The van der Waals surface area contributed by atoms with Crippen molar-refractivity contribution in [2.24, 2.45) is 17.8 Å². The average molecular weight is 184 g/mol. The second kappa shape index (κ2) is 3.41. The van der Waals surface area contributed by atoms with Crippen LogP contribution in [0.3, 0.4) is 0 Å². The molecule has 0 saturated carbocycles. The minimum Gasteiger partial charge on any atom is -0.367 e. The number of Topliss-reactive ketones (excluding diaryl/α,β-unsaturated/α-hetero) is 1. The summed E-state index contributed by atoms with van der Waals surface area (Å²) in [4.78, 5) is 11.8. The normalized spacial score (nSPS) is 29.7. The van der Waals surface area contributed by atoms with E-state index in [9.17, 15) is 4.79 Å². The van der Waals surface area contributed by atoms with Crippen LogP contribution >= 0.6 is 0 Å². The third kappa shape index (κ3) is 1.93. The molecule has 1 fully saturated rings. The summed E-state index contributed by atoms with van der Waals surface area (Å²) >= 11 is 0. The number of hydrogen-bond donors (Lipinski definition) is 0. The van der Waals surface area contributed by atoms with Crippen LogP contribution in [0.5, 0.6) is 0 Å². The lowest BCUT2D eigenvalue weighted by Crippen LogP contribution is -2.33. The largest absolute Gasteiger partial charge is 0.367 e. The highest BCUT2D eigenvalue weighted by atomic mass is 16.5. The summed E-state index contributed by atoms with van der Waals surface area (Å²) in [5.74, 6) is 1.35. The van der Waals surface area contributed by atoms with Gasteiger partial charge in [-0.3, -0.25) is 4.79 Å². The van der Waals surface area contributed by atoms with Crippen molar-refractivity contribution < 1.29 is 9.53 Å². The molecule has 0 N–H and O–H groups in total. The van der Waals surface area contributed by atoms with Crippen LogP contribution in [0.25, 0.3) is 0 Å². The van der Waals surface area contributed by atoms with E-state index in [1.54, 1.807) is 0 Å². The first kappa shape index (κ1) is 10.7. The molecule has 1 aliphatic heterocycles. The Morgan fingerprint density at radius 1 is 1.38 bits per heavy atom. The minimum atomic E-state index is -0.548. The van der Waals surface area contributed by atoms with Crippen molar-refractivity contribution >= 4 is 5.78 Å². The molecule has 0 amide bonds. The SMILES string of the molecule is CC(C)C(C)C1COC(C)(C)C1=O. The quantitative estimate of drug-likeness (QED) is 0.658. The Labute approximate surface area is 80.7 Å². The Bertz CT molecular complexity index is 206. The second-order valence-corrected chi connectivity index (χ2v) is 4.90. The molecule has 0 spiro atoms. The fourth-order valence-corrected chi connectivity index (χ4v) is 1.75. The summed E-state index contributed by atoms with van der Waals surface area (Å²) in [5, 5.41) is 0. The predicted octanol–water partition coefficient (Wildman–Crippen LogP) is 2.27. The molecule has 0 aromatic rings. The first-order chi connectivity index (χ1) is 5.86. The first-order valence-electron chi connectivity index (χ1n) is 5.04. The summed E-state index contributed by atoms with van der Waals surface area (Å²) in [6, 6.07) is 0. The molecule has 13 heavy (non-hydrogen) atoms. The number of ketones is 1. The summed E-state index contributed by atoms with van der Waals surface area (Å²) in [6.45, 7) is 10.8. The Kier molecular flexibility index (Phi) is 2.81. The first-order valence-corrected chi connectivity index (χ1v) is 5.04. The monoisotopic (exact) mass is 184 g/mol. The lowest BCUT2D eigenvalue weighted by atomic mass is 9.81. The Balaban J connectivity index is 2.71. The molecule has 76 valence electrons. The van der Waals surface area contributed by atoms with Gasteiger partial charge in [0, 0.05) is 5.92 Å². The van der Waals surface area contributed by atoms with Crippen molar-refractivity contribution in [3.05, 3.63) is 0 Å². The van der Waals surface area contributed by atoms with Crippen molar-refractivity contribution in [1.29, 1.82) is 0 Å². The highest BCUT2D eigenvalue weighted by Crippen LogP contribution is 2.33. The van der Waals surface area contributed by atoms with Crippen LogP contribution in [-0.4, -0.2) is 18.0 Å². The van der Waals surface area contributed by atoms with Crippen molar-refractivity contribution in [3.63, 3.8) is 0 Å². The van der Waals surface area contributed by atoms with Crippen molar-refractivity contribution in [2.45, 2.75) is 40.2 Å². The van der Waals surface area contributed by atoms with Gasteiger partial charge < -0.3 is 4.74 Å². The van der Waals surface area contributed by atoms with Gasteiger partial charge in [0.15, 0.2) is 5.78 Å². The number of carbonyl (C=O) groups is 1. The van der Waals surface area contributed by atoms with Crippen LogP contribution in [0.15, 0.2) is 0 Å². The zero-order chi connectivity index (χ0) is 10.2. The van der Waals surface area contributed by atoms with Gasteiger partial charge in [0.2, 0.25) is 0 Å². The van der Waals surface area contributed by atoms with Crippen LogP contribution in [0.2, 0.25) is 0 Å². The maximum Gasteiger partial charge on any atom is 0.169 e. The van der Waals surface area contributed by atoms with E-state index in [1.807, 2.05) is 13.8 Å². The number of rotatable bonds is 2. The molecule has 0 bridgehead atoms. The van der Waals surface area contributed by atoms with Crippen molar-refractivity contribution in [2.75, 3.05) is 6.61 Å². The molecule has 1 rings (SSSR count). The fourth-order valence-electron chi connectivity index (χ4n) is 1.75. The molecule has 2 unspecified atom stereocenters. The van der Waals surface area contributed by atoms with E-state index < -0.39 is 5.60 Å². The number of ether oxygens (including phenoxy) is 1. The molecule has 2 atom stereocenters. The standard InChI is InChI=1S/C11H20O2/c1-7(2)8(3)9-6-13-11(4,5)10(9)12/h7-9H,6H2,1-5H3. The van der Waals surface area contributed by atoms with Gasteiger partial charge in [-0.15, -0.1) is 0 Å². The molecule has 1 aliphatic rings. The van der Waals surface area contributed by atoms with Crippen LogP contribution in [0, 0.1) is 17.8 Å². The topological polar surface area (TPSA) is 26.3 Å². The van der Waals surface area contributed by atoms with Gasteiger partial charge in [0.25, 0.3) is 0 Å². The molecule has 2 nitrogen and oxygen atoms in total. The van der Waals surface area contributed by atoms with E-state index in [0.29, 0.717) is 18.4 Å². The van der Waals surface area contributed by atoms with Gasteiger partial charge in [-0.25, -0.2) is 0 Å². The Morgan fingerprint density at radius 2 is 1.92 bits per heavy atom. The summed E-state index contributed by atoms with van der Waals surface area (Å²) in [6.07, 6.45) is 0. The third-order valence-corrected chi connectivity index (χ3v) is 3.24. The van der Waals surface area contributed by atoms with Gasteiger partial charge in [-0.2, -0.15) is 0 Å². The lowest BCUT2D eigenvalue weighted by Gasteiger charge is -2.21. The van der Waals surface area contributed by atoms with Crippen LogP contribution in [0.1, 0.15) is 34.6 Å². The van der Waals surface area contributed by atoms with Gasteiger partial charge in [0.1, 0.15) is 5.60 Å². The van der Waals surface area contributed by atoms with Crippen LogP contribution < -0.4 is 0 Å². The van der Waals surface area contributed by atoms with Crippen molar-refractivity contribution in [1.82, 2.24) is 0 Å². The molecular formula is C11H20O2. The van der Waals surface area contributed by atoms with Gasteiger partial charge in [-0.1, -0.05) is 20.8 Å². The molecule has 1 heterocycles. The number of carbonyl (C=O) groups excluding carboxylic acids is 1. The van der Waals surface area contributed by atoms with Crippen LogP contribution in [-0.2, 0) is 9.53 Å². The van der Waals surface area contributed by atoms with Gasteiger partial charge in [-0.05, 0) is 25.7 Å². The smallest absolute Gasteiger partial charge is 0.169 e. The molecule has 0 aromatic heterocycles. The molecule has 0 radical (unpaired) electrons. The van der Waals surface area contributed by atoms with E-state index in [2.05, 4.69) is 20.8 Å². The van der Waals surface area contributed by atoms with E-state index in [-0.39, 0.29) is 11.7 Å².